The van der Waals surface area contributed by atoms with Crippen LogP contribution in [0.3, 0.4) is 0 Å². The maximum atomic E-state index is 3.66. The van der Waals surface area contributed by atoms with Gasteiger partial charge in [0.1, 0.15) is 0 Å². The molecular weight excluding hydrogens is 256 g/mol. The number of hydrogen-bond donors (Lipinski definition) is 1. The topological polar surface area (TPSA) is 15.3 Å². The molecule has 0 aromatic heterocycles. The van der Waals surface area contributed by atoms with Gasteiger partial charge in [0.25, 0.3) is 0 Å². The van der Waals surface area contributed by atoms with Crippen LogP contribution < -0.4 is 5.32 Å². The minimum Gasteiger partial charge on any atom is -0.315 e. The second-order valence-electron chi connectivity index (χ2n) is 8.30. The zero-order valence-corrected chi connectivity index (χ0v) is 15.1. The summed E-state index contributed by atoms with van der Waals surface area (Å²) in [6, 6.07) is 2.31. The molecule has 0 aromatic carbocycles. The van der Waals surface area contributed by atoms with E-state index >= 15 is 0 Å². The molecule has 2 nitrogen and oxygen atoms in total. The predicted octanol–water partition coefficient (Wildman–Crippen LogP) is 4.30. The first-order chi connectivity index (χ1) is 10.0. The fourth-order valence-electron chi connectivity index (χ4n) is 4.90. The highest BCUT2D eigenvalue weighted by atomic mass is 15.2. The standard InChI is InChI=1S/C19H38N2/c1-14(2)10-11-21(17-8-6-7-9-17)19-16(4)12-15(3)13-18(19)20-5/h14-20H,6-13H2,1-5H3. The number of hydrogen-bond acceptors (Lipinski definition) is 2. The van der Waals surface area contributed by atoms with Gasteiger partial charge in [0.05, 0.1) is 0 Å². The maximum absolute atomic E-state index is 3.66. The van der Waals surface area contributed by atoms with Crippen molar-refractivity contribution in [1.82, 2.24) is 10.2 Å². The van der Waals surface area contributed by atoms with Crippen LogP contribution in [0.5, 0.6) is 0 Å². The van der Waals surface area contributed by atoms with Gasteiger partial charge in [-0.2, -0.15) is 0 Å². The molecule has 0 saturated heterocycles. The zero-order valence-electron chi connectivity index (χ0n) is 15.1. The lowest BCUT2D eigenvalue weighted by atomic mass is 9.75. The van der Waals surface area contributed by atoms with Crippen LogP contribution in [-0.2, 0) is 0 Å². The maximum Gasteiger partial charge on any atom is 0.0277 e. The molecule has 2 aliphatic carbocycles. The first-order valence-electron chi connectivity index (χ1n) is 9.46. The Morgan fingerprint density at radius 1 is 1.10 bits per heavy atom. The molecule has 21 heavy (non-hydrogen) atoms. The second kappa shape index (κ2) is 7.97. The van der Waals surface area contributed by atoms with Gasteiger partial charge in [-0.1, -0.05) is 40.5 Å². The Balaban J connectivity index is 2.11. The largest absolute Gasteiger partial charge is 0.315 e. The molecule has 0 aromatic rings. The first-order valence-corrected chi connectivity index (χ1v) is 9.46. The average molecular weight is 295 g/mol. The number of nitrogens with zero attached hydrogens (tertiary/aromatic N) is 1. The van der Waals surface area contributed by atoms with Crippen molar-refractivity contribution < 1.29 is 0 Å². The summed E-state index contributed by atoms with van der Waals surface area (Å²) in [5.74, 6) is 2.53. The van der Waals surface area contributed by atoms with Crippen molar-refractivity contribution in [3.8, 4) is 0 Å². The van der Waals surface area contributed by atoms with Crippen molar-refractivity contribution in [2.75, 3.05) is 13.6 Å². The number of nitrogens with one attached hydrogen (secondary N) is 1. The van der Waals surface area contributed by atoms with Crippen LogP contribution >= 0.6 is 0 Å². The van der Waals surface area contributed by atoms with E-state index in [2.05, 4.69) is 45.0 Å². The summed E-state index contributed by atoms with van der Waals surface area (Å²) in [7, 11) is 2.18. The van der Waals surface area contributed by atoms with E-state index in [0.29, 0.717) is 6.04 Å². The van der Waals surface area contributed by atoms with Crippen molar-refractivity contribution in [1.29, 1.82) is 0 Å². The third kappa shape index (κ3) is 4.45. The van der Waals surface area contributed by atoms with Gasteiger partial charge in [-0.15, -0.1) is 0 Å². The van der Waals surface area contributed by atoms with Crippen molar-refractivity contribution in [2.45, 2.75) is 90.8 Å². The molecule has 0 aliphatic heterocycles. The summed E-state index contributed by atoms with van der Waals surface area (Å²) in [6.45, 7) is 11.0. The molecule has 4 unspecified atom stereocenters. The van der Waals surface area contributed by atoms with Gasteiger partial charge in [-0.05, 0) is 63.5 Å². The van der Waals surface area contributed by atoms with Crippen molar-refractivity contribution in [3.05, 3.63) is 0 Å². The minimum absolute atomic E-state index is 0.691. The van der Waals surface area contributed by atoms with Crippen molar-refractivity contribution in [3.63, 3.8) is 0 Å². The molecular formula is C19H38N2. The molecule has 0 radical (unpaired) electrons. The Morgan fingerprint density at radius 2 is 1.76 bits per heavy atom. The zero-order chi connectivity index (χ0) is 15.4. The van der Waals surface area contributed by atoms with E-state index < -0.39 is 0 Å². The Labute approximate surface area is 133 Å². The summed E-state index contributed by atoms with van der Waals surface area (Å²) in [4.78, 5) is 2.94. The van der Waals surface area contributed by atoms with Crippen LogP contribution in [0, 0.1) is 17.8 Å². The molecule has 2 fully saturated rings. The highest BCUT2D eigenvalue weighted by Gasteiger charge is 2.39. The summed E-state index contributed by atoms with van der Waals surface area (Å²) >= 11 is 0. The van der Waals surface area contributed by atoms with Gasteiger partial charge in [0.15, 0.2) is 0 Å². The SMILES string of the molecule is CNC1CC(C)CC(C)C1N(CCC(C)C)C1CCCC1. The Hall–Kier alpha value is -0.0800. The van der Waals surface area contributed by atoms with Crippen molar-refractivity contribution in [2.24, 2.45) is 17.8 Å². The molecule has 124 valence electrons. The number of likely N-dealkylation sites (N-methyl/N-ethyl adjacent to an activating group) is 1. The smallest absolute Gasteiger partial charge is 0.0277 e. The molecule has 0 heterocycles. The van der Waals surface area contributed by atoms with E-state index in [1.165, 1.54) is 51.5 Å². The Bertz CT molecular complexity index is 296. The van der Waals surface area contributed by atoms with Crippen LogP contribution in [0.1, 0.15) is 72.6 Å². The monoisotopic (exact) mass is 294 g/mol. The quantitative estimate of drug-likeness (QED) is 0.785. The Kier molecular flexibility index (Phi) is 6.55. The van der Waals surface area contributed by atoms with Gasteiger partial charge < -0.3 is 5.32 Å². The molecule has 0 amide bonds. The number of rotatable bonds is 6. The van der Waals surface area contributed by atoms with Crippen LogP contribution in [0.4, 0.5) is 0 Å². The van der Waals surface area contributed by atoms with Crippen molar-refractivity contribution >= 4 is 0 Å². The highest BCUT2D eigenvalue weighted by Crippen LogP contribution is 2.36. The van der Waals surface area contributed by atoms with Gasteiger partial charge >= 0.3 is 0 Å². The molecule has 2 aliphatic rings. The molecule has 4 atom stereocenters. The van der Waals surface area contributed by atoms with Gasteiger partial charge in [-0.25, -0.2) is 0 Å². The van der Waals surface area contributed by atoms with E-state index in [0.717, 1.165) is 29.8 Å². The van der Waals surface area contributed by atoms with Crippen LogP contribution in [0.25, 0.3) is 0 Å². The third-order valence-electron chi connectivity index (χ3n) is 5.94. The van der Waals surface area contributed by atoms with Gasteiger partial charge in [-0.3, -0.25) is 4.90 Å². The molecule has 2 saturated carbocycles. The van der Waals surface area contributed by atoms with E-state index in [1.54, 1.807) is 0 Å². The van der Waals surface area contributed by atoms with Gasteiger partial charge in [0.2, 0.25) is 0 Å². The second-order valence-corrected chi connectivity index (χ2v) is 8.30. The summed E-state index contributed by atoms with van der Waals surface area (Å²) in [6.07, 6.45) is 9.89. The normalized spacial score (nSPS) is 35.0. The average Bonchev–Trinajstić information content (AvgIpc) is 2.94. The summed E-state index contributed by atoms with van der Waals surface area (Å²) in [5, 5.41) is 3.66. The van der Waals surface area contributed by atoms with E-state index in [9.17, 15) is 0 Å². The van der Waals surface area contributed by atoms with E-state index in [4.69, 9.17) is 0 Å². The summed E-state index contributed by atoms with van der Waals surface area (Å²) in [5.41, 5.74) is 0. The van der Waals surface area contributed by atoms with Crippen LogP contribution in [-0.4, -0.2) is 36.6 Å². The fraction of sp³-hybridized carbons (Fsp3) is 1.00. The molecule has 1 N–H and O–H groups in total. The third-order valence-corrected chi connectivity index (χ3v) is 5.94. The minimum atomic E-state index is 0.691. The van der Waals surface area contributed by atoms with Crippen LogP contribution in [0.2, 0.25) is 0 Å². The lowest BCUT2D eigenvalue weighted by Gasteiger charge is -2.48. The lowest BCUT2D eigenvalue weighted by molar-refractivity contribution is 0.0302. The summed E-state index contributed by atoms with van der Waals surface area (Å²) < 4.78 is 0. The fourth-order valence-corrected chi connectivity index (χ4v) is 4.90. The van der Waals surface area contributed by atoms with E-state index in [-0.39, 0.29) is 0 Å². The lowest BCUT2D eigenvalue weighted by Crippen LogP contribution is -2.58. The van der Waals surface area contributed by atoms with Gasteiger partial charge in [0, 0.05) is 18.1 Å². The Morgan fingerprint density at radius 3 is 2.33 bits per heavy atom. The predicted molar refractivity (Wildman–Crippen MR) is 92.6 cm³/mol. The highest BCUT2D eigenvalue weighted by molar-refractivity contribution is 4.96. The molecule has 2 heteroatoms. The van der Waals surface area contributed by atoms with Crippen LogP contribution in [0.15, 0.2) is 0 Å². The molecule has 0 bridgehead atoms. The van der Waals surface area contributed by atoms with E-state index in [1.807, 2.05) is 0 Å². The molecule has 2 rings (SSSR count). The molecule has 0 spiro atoms. The first kappa shape index (κ1) is 17.3.